The summed E-state index contributed by atoms with van der Waals surface area (Å²) < 4.78 is 0. The third-order valence-electron chi connectivity index (χ3n) is 4.93. The zero-order valence-corrected chi connectivity index (χ0v) is 10.4. The number of aliphatic hydroxyl groups is 1. The maximum Gasteiger partial charge on any atom is 0.223 e. The second-order valence-electron chi connectivity index (χ2n) is 6.36. The van der Waals surface area contributed by atoms with Crippen molar-refractivity contribution in [1.82, 2.24) is 5.32 Å². The monoisotopic (exact) mass is 237 g/mol. The molecule has 3 heteroatoms. The average molecular weight is 237 g/mol. The van der Waals surface area contributed by atoms with Crippen LogP contribution in [0.3, 0.4) is 0 Å². The van der Waals surface area contributed by atoms with Gasteiger partial charge in [-0.1, -0.05) is 6.42 Å². The fourth-order valence-electron chi connectivity index (χ4n) is 3.77. The van der Waals surface area contributed by atoms with Crippen LogP contribution in [0.4, 0.5) is 0 Å². The molecule has 0 spiro atoms. The van der Waals surface area contributed by atoms with Gasteiger partial charge in [-0.25, -0.2) is 0 Å². The highest BCUT2D eigenvalue weighted by atomic mass is 16.3. The molecule has 2 N–H and O–H groups in total. The molecule has 0 saturated heterocycles. The topological polar surface area (TPSA) is 49.3 Å². The molecule has 17 heavy (non-hydrogen) atoms. The summed E-state index contributed by atoms with van der Waals surface area (Å²) in [7, 11) is 0. The van der Waals surface area contributed by atoms with Crippen LogP contribution >= 0.6 is 0 Å². The minimum absolute atomic E-state index is 0.134. The third-order valence-corrected chi connectivity index (χ3v) is 4.93. The highest BCUT2D eigenvalue weighted by Crippen LogP contribution is 2.54. The van der Waals surface area contributed by atoms with E-state index in [1.165, 1.54) is 6.42 Å². The Hall–Kier alpha value is -0.570. The first-order valence-corrected chi connectivity index (χ1v) is 7.18. The van der Waals surface area contributed by atoms with Crippen molar-refractivity contribution in [3.8, 4) is 0 Å². The Balaban J connectivity index is 1.39. The molecule has 0 aromatic rings. The van der Waals surface area contributed by atoms with Gasteiger partial charge in [-0.3, -0.25) is 4.79 Å². The Morgan fingerprint density at radius 3 is 2.59 bits per heavy atom. The van der Waals surface area contributed by atoms with E-state index < -0.39 is 0 Å². The summed E-state index contributed by atoms with van der Waals surface area (Å²) in [6, 6.07) is 0. The van der Waals surface area contributed by atoms with Crippen LogP contribution in [0.15, 0.2) is 0 Å². The van der Waals surface area contributed by atoms with Gasteiger partial charge >= 0.3 is 0 Å². The summed E-state index contributed by atoms with van der Waals surface area (Å²) in [6.07, 6.45) is 7.58. The van der Waals surface area contributed by atoms with E-state index in [4.69, 9.17) is 0 Å². The van der Waals surface area contributed by atoms with E-state index in [-0.39, 0.29) is 12.0 Å². The summed E-state index contributed by atoms with van der Waals surface area (Å²) in [5.41, 5.74) is 0. The molecule has 0 aromatic heterocycles. The molecule has 0 bridgehead atoms. The number of carbonyl (C=O) groups excluding carboxylic acids is 1. The van der Waals surface area contributed by atoms with Gasteiger partial charge in [0.15, 0.2) is 0 Å². The van der Waals surface area contributed by atoms with Gasteiger partial charge in [0, 0.05) is 12.5 Å². The number of hydrogen-bond donors (Lipinski definition) is 2. The molecular formula is C14H23NO2. The van der Waals surface area contributed by atoms with Gasteiger partial charge in [0.05, 0.1) is 6.10 Å². The van der Waals surface area contributed by atoms with Crippen LogP contribution in [0.1, 0.15) is 44.9 Å². The van der Waals surface area contributed by atoms with Gasteiger partial charge in [0.1, 0.15) is 0 Å². The molecule has 4 atom stereocenters. The van der Waals surface area contributed by atoms with Gasteiger partial charge in [-0.2, -0.15) is 0 Å². The van der Waals surface area contributed by atoms with Crippen LogP contribution in [0, 0.1) is 23.7 Å². The molecule has 3 nitrogen and oxygen atoms in total. The first kappa shape index (κ1) is 11.5. The number of rotatable bonds is 3. The minimum Gasteiger partial charge on any atom is -0.393 e. The summed E-state index contributed by atoms with van der Waals surface area (Å²) >= 11 is 0. The molecule has 0 heterocycles. The highest BCUT2D eigenvalue weighted by Gasteiger charge is 2.47. The number of hydrogen-bond acceptors (Lipinski definition) is 2. The summed E-state index contributed by atoms with van der Waals surface area (Å²) in [5, 5.41) is 12.7. The van der Waals surface area contributed by atoms with Crippen LogP contribution in [-0.2, 0) is 4.79 Å². The lowest BCUT2D eigenvalue weighted by molar-refractivity contribution is -0.125. The Bertz CT molecular complexity index is 295. The van der Waals surface area contributed by atoms with Crippen molar-refractivity contribution in [1.29, 1.82) is 0 Å². The van der Waals surface area contributed by atoms with Crippen LogP contribution in [0.2, 0.25) is 0 Å². The van der Waals surface area contributed by atoms with Gasteiger partial charge < -0.3 is 10.4 Å². The van der Waals surface area contributed by atoms with E-state index in [1.807, 2.05) is 0 Å². The summed E-state index contributed by atoms with van der Waals surface area (Å²) in [6.45, 7) is 0.779. The van der Waals surface area contributed by atoms with Crippen molar-refractivity contribution in [2.75, 3.05) is 6.54 Å². The Morgan fingerprint density at radius 1 is 1.12 bits per heavy atom. The molecule has 4 unspecified atom stereocenters. The average Bonchev–Trinajstić information content (AvgIpc) is 2.93. The van der Waals surface area contributed by atoms with E-state index in [1.54, 1.807) is 0 Å². The lowest BCUT2D eigenvalue weighted by atomic mass is 9.87. The summed E-state index contributed by atoms with van der Waals surface area (Å²) in [5.74, 6) is 2.83. The highest BCUT2D eigenvalue weighted by molar-refractivity contribution is 5.79. The van der Waals surface area contributed by atoms with E-state index in [0.717, 1.165) is 56.9 Å². The maximum atomic E-state index is 12.0. The maximum absolute atomic E-state index is 12.0. The SMILES string of the molecule is O=C(NCC1CCCC(O)C1)C1CC2CC2C1. The predicted molar refractivity (Wildman–Crippen MR) is 65.3 cm³/mol. The second-order valence-corrected chi connectivity index (χ2v) is 6.36. The number of amides is 1. The minimum atomic E-state index is -0.134. The molecule has 0 aliphatic heterocycles. The zero-order chi connectivity index (χ0) is 11.8. The van der Waals surface area contributed by atoms with E-state index in [9.17, 15) is 9.90 Å². The smallest absolute Gasteiger partial charge is 0.223 e. The molecule has 3 aliphatic carbocycles. The van der Waals surface area contributed by atoms with Gasteiger partial charge in [-0.05, 0) is 56.3 Å². The Kier molecular flexibility index (Phi) is 3.12. The first-order valence-electron chi connectivity index (χ1n) is 7.18. The third kappa shape index (κ3) is 2.65. The van der Waals surface area contributed by atoms with E-state index >= 15 is 0 Å². The zero-order valence-electron chi connectivity index (χ0n) is 10.4. The second kappa shape index (κ2) is 4.60. The van der Waals surface area contributed by atoms with Crippen LogP contribution in [0.5, 0.6) is 0 Å². The predicted octanol–water partition coefficient (Wildman–Crippen LogP) is 1.70. The lowest BCUT2D eigenvalue weighted by Gasteiger charge is -2.26. The van der Waals surface area contributed by atoms with Crippen molar-refractivity contribution >= 4 is 5.91 Å². The Labute approximate surface area is 103 Å². The van der Waals surface area contributed by atoms with Crippen molar-refractivity contribution in [2.24, 2.45) is 23.7 Å². The van der Waals surface area contributed by atoms with Gasteiger partial charge in [0.2, 0.25) is 5.91 Å². The lowest BCUT2D eigenvalue weighted by Crippen LogP contribution is -2.36. The standard InChI is InChI=1S/C14H23NO2/c16-13-3-1-2-9(4-13)8-15-14(17)12-6-10-5-11(10)7-12/h9-13,16H,1-8H2,(H,15,17). The number of nitrogens with one attached hydrogen (secondary N) is 1. The van der Waals surface area contributed by atoms with Crippen molar-refractivity contribution in [2.45, 2.75) is 51.0 Å². The number of carbonyl (C=O) groups is 1. The summed E-state index contributed by atoms with van der Waals surface area (Å²) in [4.78, 5) is 12.0. The normalized spacial score (nSPS) is 44.2. The molecule has 1 amide bonds. The quantitative estimate of drug-likeness (QED) is 0.785. The van der Waals surface area contributed by atoms with E-state index in [0.29, 0.717) is 11.8 Å². The van der Waals surface area contributed by atoms with Crippen LogP contribution in [-0.4, -0.2) is 23.7 Å². The molecule has 3 fully saturated rings. The largest absolute Gasteiger partial charge is 0.393 e. The van der Waals surface area contributed by atoms with Crippen molar-refractivity contribution in [3.63, 3.8) is 0 Å². The first-order chi connectivity index (χ1) is 8.22. The van der Waals surface area contributed by atoms with Crippen LogP contribution in [0.25, 0.3) is 0 Å². The fourth-order valence-corrected chi connectivity index (χ4v) is 3.77. The molecule has 96 valence electrons. The van der Waals surface area contributed by atoms with E-state index in [2.05, 4.69) is 5.32 Å². The molecule has 0 radical (unpaired) electrons. The molecular weight excluding hydrogens is 214 g/mol. The number of aliphatic hydroxyl groups excluding tert-OH is 1. The molecule has 0 aromatic carbocycles. The van der Waals surface area contributed by atoms with Crippen LogP contribution < -0.4 is 5.32 Å². The molecule has 3 rings (SSSR count). The van der Waals surface area contributed by atoms with Crippen molar-refractivity contribution in [3.05, 3.63) is 0 Å². The van der Waals surface area contributed by atoms with Gasteiger partial charge in [-0.15, -0.1) is 0 Å². The van der Waals surface area contributed by atoms with Crippen molar-refractivity contribution < 1.29 is 9.90 Å². The fraction of sp³-hybridized carbons (Fsp3) is 0.929. The number of fused-ring (bicyclic) bond motifs is 1. The van der Waals surface area contributed by atoms with Gasteiger partial charge in [0.25, 0.3) is 0 Å². The molecule has 3 aliphatic rings. The Morgan fingerprint density at radius 2 is 1.88 bits per heavy atom. The molecule has 3 saturated carbocycles.